The Hall–Kier alpha value is -0.980. The number of likely N-dealkylation sites (tertiary alicyclic amines) is 1. The van der Waals surface area contributed by atoms with Crippen LogP contribution in [-0.2, 0) is 6.54 Å². The number of benzene rings is 1. The molecule has 5 nitrogen and oxygen atoms in total. The summed E-state index contributed by atoms with van der Waals surface area (Å²) in [4.78, 5) is 12.8. The van der Waals surface area contributed by atoms with Gasteiger partial charge in [0.05, 0.1) is 15.5 Å². The first-order valence-corrected chi connectivity index (χ1v) is 7.60. The molecule has 1 N–H and O–H groups in total. The van der Waals surface area contributed by atoms with Crippen LogP contribution in [0.2, 0.25) is 0 Å². The van der Waals surface area contributed by atoms with E-state index in [2.05, 4.69) is 20.8 Å². The Labute approximate surface area is 126 Å². The Kier molecular flexibility index (Phi) is 5.12. The van der Waals surface area contributed by atoms with Gasteiger partial charge in [-0.15, -0.1) is 0 Å². The fourth-order valence-corrected chi connectivity index (χ4v) is 3.20. The van der Waals surface area contributed by atoms with Gasteiger partial charge in [-0.2, -0.15) is 0 Å². The van der Waals surface area contributed by atoms with Gasteiger partial charge in [-0.05, 0) is 60.3 Å². The number of nitrogens with zero attached hydrogens (tertiary/aromatic N) is 2. The molecule has 110 valence electrons. The number of piperidine rings is 1. The van der Waals surface area contributed by atoms with E-state index >= 15 is 0 Å². The average molecular weight is 343 g/mol. The van der Waals surface area contributed by atoms with E-state index in [0.717, 1.165) is 31.5 Å². The number of hydrogen-bond acceptors (Lipinski definition) is 4. The van der Waals surface area contributed by atoms with E-state index in [-0.39, 0.29) is 16.7 Å². The van der Waals surface area contributed by atoms with Crippen molar-refractivity contribution in [2.75, 3.05) is 13.1 Å². The maximum Gasteiger partial charge on any atom is 0.283 e. The Balaban J connectivity index is 2.01. The van der Waals surface area contributed by atoms with Crippen molar-refractivity contribution in [1.82, 2.24) is 4.90 Å². The normalized spacial score (nSPS) is 18.9. The van der Waals surface area contributed by atoms with Crippen LogP contribution in [0.15, 0.2) is 22.7 Å². The fourth-order valence-electron chi connectivity index (χ4n) is 2.66. The quantitative estimate of drug-likeness (QED) is 0.674. The number of halogens is 1. The average Bonchev–Trinajstić information content (AvgIpc) is 2.41. The van der Waals surface area contributed by atoms with Crippen molar-refractivity contribution in [2.45, 2.75) is 32.4 Å². The van der Waals surface area contributed by atoms with Crippen LogP contribution in [0, 0.1) is 16.0 Å². The summed E-state index contributed by atoms with van der Waals surface area (Å²) in [5.74, 6) is 0.375. The molecule has 1 fully saturated rings. The van der Waals surface area contributed by atoms with Gasteiger partial charge >= 0.3 is 0 Å². The van der Waals surface area contributed by atoms with Crippen LogP contribution in [-0.4, -0.2) is 34.1 Å². The van der Waals surface area contributed by atoms with E-state index in [9.17, 15) is 15.2 Å². The monoisotopic (exact) mass is 342 g/mol. The lowest BCUT2D eigenvalue weighted by molar-refractivity contribution is -0.385. The third kappa shape index (κ3) is 3.56. The lowest BCUT2D eigenvalue weighted by Gasteiger charge is -2.33. The van der Waals surface area contributed by atoms with Gasteiger partial charge in [-0.1, -0.05) is 12.1 Å². The molecule has 1 aromatic rings. The van der Waals surface area contributed by atoms with Crippen molar-refractivity contribution in [3.63, 3.8) is 0 Å². The molecule has 0 aromatic heterocycles. The minimum Gasteiger partial charge on any atom is -0.393 e. The topological polar surface area (TPSA) is 66.6 Å². The van der Waals surface area contributed by atoms with Gasteiger partial charge in [0.2, 0.25) is 0 Å². The highest BCUT2D eigenvalue weighted by atomic mass is 79.9. The third-order valence-corrected chi connectivity index (χ3v) is 4.88. The maximum atomic E-state index is 10.9. The van der Waals surface area contributed by atoms with E-state index in [1.165, 1.54) is 6.07 Å². The SMILES string of the molecule is CC(O)C1CCN(Cc2cccc([N+](=O)[O-])c2Br)CC1. The molecule has 0 bridgehead atoms. The predicted molar refractivity (Wildman–Crippen MR) is 80.5 cm³/mol. The number of nitro groups is 1. The summed E-state index contributed by atoms with van der Waals surface area (Å²) < 4.78 is 0.572. The molecular formula is C14H19BrN2O3. The van der Waals surface area contributed by atoms with E-state index in [1.807, 2.05) is 13.0 Å². The molecule has 1 aliphatic rings. The zero-order chi connectivity index (χ0) is 14.7. The molecule has 0 aliphatic carbocycles. The Morgan fingerprint density at radius 1 is 1.50 bits per heavy atom. The molecule has 1 aromatic carbocycles. The van der Waals surface area contributed by atoms with E-state index in [0.29, 0.717) is 16.9 Å². The Morgan fingerprint density at radius 3 is 2.70 bits per heavy atom. The lowest BCUT2D eigenvalue weighted by Crippen LogP contribution is -2.36. The van der Waals surface area contributed by atoms with E-state index in [4.69, 9.17) is 0 Å². The van der Waals surface area contributed by atoms with E-state index < -0.39 is 0 Å². The second-order valence-electron chi connectivity index (χ2n) is 5.36. The largest absolute Gasteiger partial charge is 0.393 e. The number of rotatable bonds is 4. The van der Waals surface area contributed by atoms with Crippen molar-refractivity contribution in [3.8, 4) is 0 Å². The van der Waals surface area contributed by atoms with Crippen LogP contribution in [0.5, 0.6) is 0 Å². The molecule has 6 heteroatoms. The first-order valence-electron chi connectivity index (χ1n) is 6.81. The molecule has 1 aliphatic heterocycles. The van der Waals surface area contributed by atoms with Crippen LogP contribution < -0.4 is 0 Å². The molecule has 1 heterocycles. The molecule has 1 saturated heterocycles. The Morgan fingerprint density at radius 2 is 2.15 bits per heavy atom. The van der Waals surface area contributed by atoms with Crippen molar-refractivity contribution < 1.29 is 10.0 Å². The second-order valence-corrected chi connectivity index (χ2v) is 6.15. The second kappa shape index (κ2) is 6.65. The van der Waals surface area contributed by atoms with Gasteiger partial charge in [0.15, 0.2) is 0 Å². The van der Waals surface area contributed by atoms with Gasteiger partial charge in [-0.3, -0.25) is 15.0 Å². The zero-order valence-corrected chi connectivity index (χ0v) is 13.0. The highest BCUT2D eigenvalue weighted by Gasteiger charge is 2.24. The van der Waals surface area contributed by atoms with Crippen molar-refractivity contribution in [2.24, 2.45) is 5.92 Å². The minimum atomic E-state index is -0.368. The summed E-state index contributed by atoms with van der Waals surface area (Å²) in [5.41, 5.74) is 1.05. The first kappa shape index (κ1) is 15.4. The summed E-state index contributed by atoms with van der Waals surface area (Å²) >= 11 is 3.34. The van der Waals surface area contributed by atoms with Gasteiger partial charge in [-0.25, -0.2) is 0 Å². The van der Waals surface area contributed by atoms with Crippen LogP contribution in [0.4, 0.5) is 5.69 Å². The molecule has 0 amide bonds. The fraction of sp³-hybridized carbons (Fsp3) is 0.571. The van der Waals surface area contributed by atoms with E-state index in [1.54, 1.807) is 6.07 Å². The van der Waals surface area contributed by atoms with Crippen LogP contribution in [0.25, 0.3) is 0 Å². The molecule has 1 unspecified atom stereocenters. The Bertz CT molecular complexity index is 485. The van der Waals surface area contributed by atoms with Crippen LogP contribution in [0.3, 0.4) is 0 Å². The molecule has 2 rings (SSSR count). The highest BCUT2D eigenvalue weighted by Crippen LogP contribution is 2.30. The van der Waals surface area contributed by atoms with Crippen molar-refractivity contribution >= 4 is 21.6 Å². The molecule has 0 radical (unpaired) electrons. The van der Waals surface area contributed by atoms with Gasteiger partial charge in [0.25, 0.3) is 5.69 Å². The molecule has 1 atom stereocenters. The lowest BCUT2D eigenvalue weighted by atomic mass is 9.92. The summed E-state index contributed by atoms with van der Waals surface area (Å²) in [5, 5.41) is 20.5. The number of aliphatic hydroxyl groups excluding tert-OH is 1. The molecule has 0 spiro atoms. The number of nitro benzene ring substituents is 1. The first-order chi connectivity index (χ1) is 9.49. The summed E-state index contributed by atoms with van der Waals surface area (Å²) in [6.45, 7) is 4.39. The number of hydrogen-bond donors (Lipinski definition) is 1. The summed E-state index contributed by atoms with van der Waals surface area (Å²) in [6, 6.07) is 5.14. The minimum absolute atomic E-state index is 0.112. The highest BCUT2D eigenvalue weighted by molar-refractivity contribution is 9.10. The van der Waals surface area contributed by atoms with Crippen LogP contribution >= 0.6 is 15.9 Å². The van der Waals surface area contributed by atoms with Gasteiger partial charge in [0.1, 0.15) is 0 Å². The molecule has 20 heavy (non-hydrogen) atoms. The summed E-state index contributed by atoms with van der Waals surface area (Å²) in [7, 11) is 0. The zero-order valence-electron chi connectivity index (χ0n) is 11.5. The van der Waals surface area contributed by atoms with Gasteiger partial charge < -0.3 is 5.11 Å². The van der Waals surface area contributed by atoms with Crippen LogP contribution in [0.1, 0.15) is 25.3 Å². The molecule has 0 saturated carbocycles. The van der Waals surface area contributed by atoms with Crippen molar-refractivity contribution in [3.05, 3.63) is 38.3 Å². The third-order valence-electron chi connectivity index (χ3n) is 3.96. The standard InChI is InChI=1S/C14H19BrN2O3/c1-10(18)11-5-7-16(8-6-11)9-12-3-2-4-13(14(12)15)17(19)20/h2-4,10-11,18H,5-9H2,1H3. The van der Waals surface area contributed by atoms with Crippen molar-refractivity contribution in [1.29, 1.82) is 0 Å². The summed E-state index contributed by atoms with van der Waals surface area (Å²) in [6.07, 6.45) is 1.70. The van der Waals surface area contributed by atoms with Gasteiger partial charge in [0, 0.05) is 12.6 Å². The predicted octanol–water partition coefficient (Wildman–Crippen LogP) is 2.95. The maximum absolute atomic E-state index is 10.9. The molecular weight excluding hydrogens is 324 g/mol. The smallest absolute Gasteiger partial charge is 0.283 e. The number of aliphatic hydroxyl groups is 1.